The highest BCUT2D eigenvalue weighted by Crippen LogP contribution is 2.36. The lowest BCUT2D eigenvalue weighted by molar-refractivity contribution is 1.07. The van der Waals surface area contributed by atoms with Gasteiger partial charge in [-0.15, -0.1) is 11.3 Å². The highest BCUT2D eigenvalue weighted by molar-refractivity contribution is 7.25. The molecule has 0 bridgehead atoms. The Labute approximate surface area is 286 Å². The number of benzene rings is 6. The van der Waals surface area contributed by atoms with E-state index in [1.54, 1.807) is 11.3 Å². The van der Waals surface area contributed by atoms with Gasteiger partial charge < -0.3 is 0 Å². The Morgan fingerprint density at radius 1 is 0.265 bits per heavy atom. The summed E-state index contributed by atoms with van der Waals surface area (Å²) in [6, 6.07) is 53.1. The first kappa shape index (κ1) is 28.8. The van der Waals surface area contributed by atoms with Gasteiger partial charge in [0.05, 0.1) is 0 Å². The smallest absolute Gasteiger partial charge is 0.164 e. The lowest BCUT2D eigenvalue weighted by atomic mass is 10.1. The van der Waals surface area contributed by atoms with Crippen LogP contribution >= 0.6 is 11.3 Å². The lowest BCUT2D eigenvalue weighted by Crippen LogP contribution is -2.01. The van der Waals surface area contributed by atoms with E-state index in [2.05, 4.69) is 42.5 Å². The van der Waals surface area contributed by atoms with E-state index in [4.69, 9.17) is 29.9 Å². The fraction of sp³-hybridized carbons (Fsp3) is 0. The topological polar surface area (TPSA) is 77.3 Å². The van der Waals surface area contributed by atoms with Crippen molar-refractivity contribution >= 4 is 31.5 Å². The largest absolute Gasteiger partial charge is 0.208 e. The number of hydrogen-bond donors (Lipinski definition) is 0. The van der Waals surface area contributed by atoms with E-state index in [1.807, 2.05) is 115 Å². The molecule has 7 heteroatoms. The minimum atomic E-state index is 0.595. The van der Waals surface area contributed by atoms with Gasteiger partial charge in [-0.1, -0.05) is 146 Å². The second kappa shape index (κ2) is 12.3. The molecule has 230 valence electrons. The molecule has 9 rings (SSSR count). The fourth-order valence-corrected chi connectivity index (χ4v) is 7.07. The second-order valence-corrected chi connectivity index (χ2v) is 12.7. The molecule has 3 heterocycles. The zero-order chi connectivity index (χ0) is 32.6. The van der Waals surface area contributed by atoms with Gasteiger partial charge in [-0.3, -0.25) is 0 Å². The van der Waals surface area contributed by atoms with Crippen molar-refractivity contribution in [1.82, 2.24) is 29.9 Å². The quantitative estimate of drug-likeness (QED) is 0.179. The van der Waals surface area contributed by atoms with E-state index in [1.165, 1.54) is 20.2 Å². The third kappa shape index (κ3) is 5.62. The summed E-state index contributed by atoms with van der Waals surface area (Å²) in [5.74, 6) is 3.69. The molecule has 0 aliphatic carbocycles. The standard InChI is InChI=1S/C42H26N6S/c1-4-12-27(13-5-1)37-43-38(28-14-6-2-7-15-28)45-40(44-37)30-20-22-31(23-21-30)41-46-39(29-16-8-3-9-17-29)47-42(48-41)32-24-25-34-33-18-10-11-19-35(33)49-36(34)26-32/h1-26H. The molecule has 0 amide bonds. The molecular weight excluding hydrogens is 621 g/mol. The van der Waals surface area contributed by atoms with Crippen LogP contribution in [0.1, 0.15) is 0 Å². The summed E-state index contributed by atoms with van der Waals surface area (Å²) in [5.41, 5.74) is 5.48. The van der Waals surface area contributed by atoms with E-state index in [0.29, 0.717) is 34.9 Å². The minimum absolute atomic E-state index is 0.595. The Morgan fingerprint density at radius 2 is 0.592 bits per heavy atom. The summed E-state index contributed by atoms with van der Waals surface area (Å²) in [7, 11) is 0. The molecule has 0 aliphatic rings. The van der Waals surface area contributed by atoms with Crippen molar-refractivity contribution in [3.05, 3.63) is 158 Å². The summed E-state index contributed by atoms with van der Waals surface area (Å²) in [6.07, 6.45) is 0. The molecule has 0 unspecified atom stereocenters. The fourth-order valence-electron chi connectivity index (χ4n) is 5.92. The molecule has 6 aromatic carbocycles. The van der Waals surface area contributed by atoms with E-state index < -0.39 is 0 Å². The molecule has 0 saturated heterocycles. The van der Waals surface area contributed by atoms with Crippen molar-refractivity contribution in [2.45, 2.75) is 0 Å². The summed E-state index contributed by atoms with van der Waals surface area (Å²) >= 11 is 1.78. The highest BCUT2D eigenvalue weighted by atomic mass is 32.1. The lowest BCUT2D eigenvalue weighted by Gasteiger charge is -2.10. The molecule has 6 nitrogen and oxygen atoms in total. The van der Waals surface area contributed by atoms with Gasteiger partial charge in [0.25, 0.3) is 0 Å². The normalized spacial score (nSPS) is 11.3. The molecule has 0 radical (unpaired) electrons. The van der Waals surface area contributed by atoms with Crippen LogP contribution in [0.25, 0.3) is 88.5 Å². The average Bonchev–Trinajstić information content (AvgIpc) is 3.57. The van der Waals surface area contributed by atoms with Gasteiger partial charge in [0.15, 0.2) is 34.9 Å². The first-order valence-electron chi connectivity index (χ1n) is 16.0. The van der Waals surface area contributed by atoms with Crippen LogP contribution in [0.2, 0.25) is 0 Å². The Balaban J connectivity index is 1.13. The Hall–Kier alpha value is -6.44. The maximum absolute atomic E-state index is 5.01. The SMILES string of the molecule is c1ccc(-c2nc(-c3ccccc3)nc(-c3ccc(-c4nc(-c5ccccc5)nc(-c5ccc6c(c5)sc5ccccc56)n4)cc3)n2)cc1. The van der Waals surface area contributed by atoms with Crippen molar-refractivity contribution in [2.75, 3.05) is 0 Å². The predicted molar refractivity (Wildman–Crippen MR) is 199 cm³/mol. The van der Waals surface area contributed by atoms with Crippen molar-refractivity contribution in [3.8, 4) is 68.3 Å². The van der Waals surface area contributed by atoms with Crippen LogP contribution in [0.15, 0.2) is 158 Å². The zero-order valence-electron chi connectivity index (χ0n) is 26.1. The van der Waals surface area contributed by atoms with Gasteiger partial charge in [0, 0.05) is 53.6 Å². The van der Waals surface area contributed by atoms with Crippen LogP contribution in [-0.4, -0.2) is 29.9 Å². The van der Waals surface area contributed by atoms with Crippen molar-refractivity contribution in [3.63, 3.8) is 0 Å². The maximum Gasteiger partial charge on any atom is 0.164 e. The molecular formula is C42H26N6S. The number of aromatic nitrogens is 6. The molecule has 0 saturated carbocycles. The van der Waals surface area contributed by atoms with E-state index in [-0.39, 0.29) is 0 Å². The van der Waals surface area contributed by atoms with E-state index in [0.717, 1.165) is 33.4 Å². The van der Waals surface area contributed by atoms with E-state index in [9.17, 15) is 0 Å². The van der Waals surface area contributed by atoms with Gasteiger partial charge in [-0.25, -0.2) is 29.9 Å². The molecule has 0 atom stereocenters. The predicted octanol–water partition coefficient (Wildman–Crippen LogP) is 10.4. The van der Waals surface area contributed by atoms with Crippen LogP contribution in [0.5, 0.6) is 0 Å². The molecule has 3 aromatic heterocycles. The number of thiophene rings is 1. The van der Waals surface area contributed by atoms with Crippen molar-refractivity contribution < 1.29 is 0 Å². The van der Waals surface area contributed by atoms with Gasteiger partial charge in [-0.05, 0) is 12.1 Å². The first-order valence-corrected chi connectivity index (χ1v) is 16.8. The van der Waals surface area contributed by atoms with Crippen LogP contribution < -0.4 is 0 Å². The summed E-state index contributed by atoms with van der Waals surface area (Å²) in [5, 5.41) is 2.50. The van der Waals surface area contributed by atoms with Crippen LogP contribution in [0.3, 0.4) is 0 Å². The Morgan fingerprint density at radius 3 is 1.04 bits per heavy atom. The monoisotopic (exact) mass is 646 g/mol. The van der Waals surface area contributed by atoms with Crippen LogP contribution in [0, 0.1) is 0 Å². The van der Waals surface area contributed by atoms with Gasteiger partial charge >= 0.3 is 0 Å². The molecule has 0 fully saturated rings. The minimum Gasteiger partial charge on any atom is -0.208 e. The van der Waals surface area contributed by atoms with Crippen LogP contribution in [0.4, 0.5) is 0 Å². The summed E-state index contributed by atoms with van der Waals surface area (Å²) in [4.78, 5) is 29.5. The Kier molecular flexibility index (Phi) is 7.22. The molecule has 9 aromatic rings. The summed E-state index contributed by atoms with van der Waals surface area (Å²) in [6.45, 7) is 0. The average molecular weight is 647 g/mol. The van der Waals surface area contributed by atoms with Gasteiger partial charge in [0.2, 0.25) is 0 Å². The summed E-state index contributed by atoms with van der Waals surface area (Å²) < 4.78 is 2.47. The van der Waals surface area contributed by atoms with Gasteiger partial charge in [0.1, 0.15) is 0 Å². The molecule has 0 spiro atoms. The number of nitrogens with zero attached hydrogens (tertiary/aromatic N) is 6. The zero-order valence-corrected chi connectivity index (χ0v) is 26.9. The van der Waals surface area contributed by atoms with Crippen molar-refractivity contribution in [2.24, 2.45) is 0 Å². The molecule has 0 aliphatic heterocycles. The molecule has 0 N–H and O–H groups in total. The number of rotatable bonds is 6. The van der Waals surface area contributed by atoms with Crippen molar-refractivity contribution in [1.29, 1.82) is 0 Å². The Bertz CT molecular complexity index is 2530. The molecule has 49 heavy (non-hydrogen) atoms. The third-order valence-corrected chi connectivity index (χ3v) is 9.54. The van der Waals surface area contributed by atoms with E-state index >= 15 is 0 Å². The number of fused-ring (bicyclic) bond motifs is 3. The third-order valence-electron chi connectivity index (χ3n) is 8.41. The van der Waals surface area contributed by atoms with Gasteiger partial charge in [-0.2, -0.15) is 0 Å². The second-order valence-electron chi connectivity index (χ2n) is 11.6. The highest BCUT2D eigenvalue weighted by Gasteiger charge is 2.16. The number of hydrogen-bond acceptors (Lipinski definition) is 7. The first-order chi connectivity index (χ1) is 24.2. The van der Waals surface area contributed by atoms with Crippen LogP contribution in [-0.2, 0) is 0 Å². The maximum atomic E-state index is 5.01.